The molecule has 0 bridgehead atoms. The monoisotopic (exact) mass is 500 g/mol. The van der Waals surface area contributed by atoms with Gasteiger partial charge in [-0.2, -0.15) is 9.97 Å². The van der Waals surface area contributed by atoms with E-state index in [-0.39, 0.29) is 25.2 Å². The summed E-state index contributed by atoms with van der Waals surface area (Å²) in [5.41, 5.74) is 1.28. The first-order chi connectivity index (χ1) is 16.7. The van der Waals surface area contributed by atoms with Crippen LogP contribution in [0.15, 0.2) is 42.5 Å². The molecule has 0 radical (unpaired) electrons. The van der Waals surface area contributed by atoms with Crippen molar-refractivity contribution in [1.82, 2.24) is 20.3 Å². The van der Waals surface area contributed by atoms with Crippen LogP contribution in [0.2, 0.25) is 5.02 Å². The van der Waals surface area contributed by atoms with Crippen molar-refractivity contribution in [2.24, 2.45) is 5.41 Å². The van der Waals surface area contributed by atoms with E-state index in [0.29, 0.717) is 40.7 Å². The van der Waals surface area contributed by atoms with Crippen molar-refractivity contribution in [3.63, 3.8) is 0 Å². The zero-order valence-corrected chi connectivity index (χ0v) is 20.3. The quantitative estimate of drug-likeness (QED) is 0.407. The van der Waals surface area contributed by atoms with Crippen LogP contribution in [0, 0.1) is 5.41 Å². The van der Waals surface area contributed by atoms with E-state index in [2.05, 4.69) is 34.1 Å². The van der Waals surface area contributed by atoms with Crippen LogP contribution in [0.5, 0.6) is 6.01 Å². The number of carbonyl (C=O) groups excluding carboxylic acids is 1. The van der Waals surface area contributed by atoms with E-state index in [0.717, 1.165) is 11.1 Å². The van der Waals surface area contributed by atoms with Crippen LogP contribution >= 0.6 is 11.6 Å². The molecule has 1 aromatic heterocycles. The Bertz CT molecular complexity index is 1230. The van der Waals surface area contributed by atoms with Crippen molar-refractivity contribution >= 4 is 17.5 Å². The Balaban J connectivity index is 1.60. The first kappa shape index (κ1) is 25.0. The van der Waals surface area contributed by atoms with E-state index >= 15 is 0 Å². The van der Waals surface area contributed by atoms with Gasteiger partial charge in [0.1, 0.15) is 5.41 Å². The van der Waals surface area contributed by atoms with Gasteiger partial charge in [0.25, 0.3) is 6.43 Å². The van der Waals surface area contributed by atoms with Crippen LogP contribution in [0.4, 0.5) is 8.78 Å². The molecule has 1 heterocycles. The van der Waals surface area contributed by atoms with Crippen molar-refractivity contribution in [2.75, 3.05) is 0 Å². The SMILES string of the molecule is CC(C)c1cccc(-c2nc(O)nc(-c3cc(CNC(=O)C4(C(F)F)CCCC4)ccc3Cl)n2)c1. The molecule has 0 atom stereocenters. The first-order valence-electron chi connectivity index (χ1n) is 11.6. The molecule has 1 aliphatic rings. The topological polar surface area (TPSA) is 88.0 Å². The summed E-state index contributed by atoms with van der Waals surface area (Å²) >= 11 is 6.41. The molecular formula is C26H27ClF2N4O2. The third-order valence-corrected chi connectivity index (χ3v) is 6.86. The number of halogens is 3. The zero-order chi connectivity index (χ0) is 25.2. The number of rotatable bonds is 7. The van der Waals surface area contributed by atoms with Crippen molar-refractivity contribution in [3.8, 4) is 28.8 Å². The predicted molar refractivity (Wildman–Crippen MR) is 130 cm³/mol. The molecule has 0 spiro atoms. The summed E-state index contributed by atoms with van der Waals surface area (Å²) in [6.07, 6.45) is -1.09. The second-order valence-corrected chi connectivity index (χ2v) is 9.63. The van der Waals surface area contributed by atoms with Gasteiger partial charge in [0.05, 0.1) is 5.02 Å². The molecule has 2 aromatic carbocycles. The standard InChI is InChI=1S/C26H27ClF2N4O2/c1-15(2)17-6-5-7-18(13-17)21-31-22(33-25(35)32-21)19-12-16(8-9-20(19)27)14-30-24(34)26(23(28)29)10-3-4-11-26/h5-9,12-13,15,23H,3-4,10-11,14H2,1-2H3,(H,30,34)(H,31,32,33,35). The third-order valence-electron chi connectivity index (χ3n) is 6.53. The van der Waals surface area contributed by atoms with Crippen LogP contribution in [-0.2, 0) is 11.3 Å². The van der Waals surface area contributed by atoms with Gasteiger partial charge >= 0.3 is 6.01 Å². The minimum atomic E-state index is -2.70. The van der Waals surface area contributed by atoms with Crippen molar-refractivity contribution in [1.29, 1.82) is 0 Å². The fraction of sp³-hybridized carbons (Fsp3) is 0.385. The summed E-state index contributed by atoms with van der Waals surface area (Å²) in [5, 5.41) is 13.2. The molecule has 9 heteroatoms. The normalized spacial score (nSPS) is 15.1. The molecule has 35 heavy (non-hydrogen) atoms. The van der Waals surface area contributed by atoms with Crippen LogP contribution in [-0.4, -0.2) is 32.4 Å². The van der Waals surface area contributed by atoms with Crippen LogP contribution in [0.1, 0.15) is 56.6 Å². The molecular weight excluding hydrogens is 474 g/mol. The lowest BCUT2D eigenvalue weighted by Crippen LogP contribution is -2.43. The fourth-order valence-corrected chi connectivity index (χ4v) is 4.62. The number of carbonyl (C=O) groups is 1. The van der Waals surface area contributed by atoms with Gasteiger partial charge in [-0.25, -0.2) is 13.8 Å². The number of benzene rings is 2. The lowest BCUT2D eigenvalue weighted by Gasteiger charge is -2.26. The molecule has 1 saturated carbocycles. The summed E-state index contributed by atoms with van der Waals surface area (Å²) in [6, 6.07) is 12.3. The van der Waals surface area contributed by atoms with E-state index in [4.69, 9.17) is 11.6 Å². The highest BCUT2D eigenvalue weighted by molar-refractivity contribution is 6.33. The maximum atomic E-state index is 13.7. The maximum Gasteiger partial charge on any atom is 0.318 e. The summed E-state index contributed by atoms with van der Waals surface area (Å²) in [7, 11) is 0. The van der Waals surface area contributed by atoms with Gasteiger partial charge in [-0.1, -0.05) is 62.6 Å². The molecule has 1 amide bonds. The van der Waals surface area contributed by atoms with E-state index in [1.165, 1.54) is 0 Å². The average molecular weight is 501 g/mol. The zero-order valence-electron chi connectivity index (χ0n) is 19.6. The molecule has 184 valence electrons. The number of hydrogen-bond acceptors (Lipinski definition) is 5. The van der Waals surface area contributed by atoms with Gasteiger partial charge < -0.3 is 10.4 Å². The second-order valence-electron chi connectivity index (χ2n) is 9.22. The molecule has 1 fully saturated rings. The van der Waals surface area contributed by atoms with Crippen LogP contribution < -0.4 is 5.32 Å². The van der Waals surface area contributed by atoms with Gasteiger partial charge in [0.15, 0.2) is 11.6 Å². The number of alkyl halides is 2. The largest absolute Gasteiger partial charge is 0.479 e. The van der Waals surface area contributed by atoms with E-state index in [9.17, 15) is 18.7 Å². The van der Waals surface area contributed by atoms with Crippen molar-refractivity contribution < 1.29 is 18.7 Å². The van der Waals surface area contributed by atoms with Crippen LogP contribution in [0.25, 0.3) is 22.8 Å². The molecule has 1 aliphatic carbocycles. The fourth-order valence-electron chi connectivity index (χ4n) is 4.41. The smallest absolute Gasteiger partial charge is 0.318 e. The Morgan fingerprint density at radius 3 is 2.49 bits per heavy atom. The summed E-state index contributed by atoms with van der Waals surface area (Å²) in [6.45, 7) is 4.21. The Morgan fingerprint density at radius 1 is 1.09 bits per heavy atom. The Labute approximate surface area is 207 Å². The van der Waals surface area contributed by atoms with E-state index < -0.39 is 23.8 Å². The predicted octanol–water partition coefficient (Wildman–Crippen LogP) is 6.13. The van der Waals surface area contributed by atoms with Crippen molar-refractivity contribution in [3.05, 3.63) is 58.6 Å². The molecule has 4 rings (SSSR count). The van der Waals surface area contributed by atoms with Gasteiger partial charge in [0, 0.05) is 17.7 Å². The molecule has 0 saturated heterocycles. The summed E-state index contributed by atoms with van der Waals surface area (Å²) in [4.78, 5) is 25.3. The lowest BCUT2D eigenvalue weighted by molar-refractivity contribution is -0.140. The minimum Gasteiger partial charge on any atom is -0.479 e. The Morgan fingerprint density at radius 2 is 1.80 bits per heavy atom. The van der Waals surface area contributed by atoms with Gasteiger partial charge in [-0.15, -0.1) is 0 Å². The highest BCUT2D eigenvalue weighted by Crippen LogP contribution is 2.43. The number of aromatic nitrogens is 3. The average Bonchev–Trinajstić information content (AvgIpc) is 3.35. The molecule has 0 aliphatic heterocycles. The Kier molecular flexibility index (Phi) is 7.31. The van der Waals surface area contributed by atoms with Gasteiger partial charge in [-0.3, -0.25) is 4.79 Å². The number of hydrogen-bond donors (Lipinski definition) is 2. The van der Waals surface area contributed by atoms with Crippen LogP contribution in [0.3, 0.4) is 0 Å². The van der Waals surface area contributed by atoms with Gasteiger partial charge in [0.2, 0.25) is 5.91 Å². The number of amides is 1. The summed E-state index contributed by atoms with van der Waals surface area (Å²) < 4.78 is 27.3. The molecule has 6 nitrogen and oxygen atoms in total. The molecule has 3 aromatic rings. The molecule has 0 unspecified atom stereocenters. The van der Waals surface area contributed by atoms with Gasteiger partial charge in [-0.05, 0) is 48.1 Å². The highest BCUT2D eigenvalue weighted by atomic mass is 35.5. The number of nitrogens with zero attached hydrogens (tertiary/aromatic N) is 3. The van der Waals surface area contributed by atoms with E-state index in [1.54, 1.807) is 18.2 Å². The highest BCUT2D eigenvalue weighted by Gasteiger charge is 2.48. The lowest BCUT2D eigenvalue weighted by atomic mass is 9.85. The maximum absolute atomic E-state index is 13.7. The second kappa shape index (κ2) is 10.2. The molecule has 2 N–H and O–H groups in total. The Hall–Kier alpha value is -3.13. The minimum absolute atomic E-state index is 0.0534. The number of aromatic hydroxyl groups is 1. The first-order valence-corrected chi connectivity index (χ1v) is 12.0. The van der Waals surface area contributed by atoms with E-state index in [1.807, 2.05) is 24.3 Å². The van der Waals surface area contributed by atoms with Crippen molar-refractivity contribution in [2.45, 2.75) is 58.4 Å². The third kappa shape index (κ3) is 5.27. The number of nitrogens with one attached hydrogen (secondary N) is 1. The summed E-state index contributed by atoms with van der Waals surface area (Å²) in [5.74, 6) is 0.136.